The predicted octanol–water partition coefficient (Wildman–Crippen LogP) is 3.89. The topological polar surface area (TPSA) is 38.0 Å². The van der Waals surface area contributed by atoms with E-state index in [2.05, 4.69) is 53.8 Å². The van der Waals surface area contributed by atoms with Crippen LogP contribution in [0.15, 0.2) is 54.6 Å². The molecule has 2 aromatic carbocycles. The molecule has 0 aliphatic rings. The molecule has 0 bridgehead atoms. The molecule has 0 fully saturated rings. The molecular formula is C17H22N2. The van der Waals surface area contributed by atoms with E-state index in [4.69, 9.17) is 5.73 Å². The number of anilines is 1. The standard InChI is InChI=1S/C17H22N2/c1-17(2,18)12-13-19-16-10-8-15(9-11-16)14-6-4-3-5-7-14/h3-11,19H,12-13,18H2,1-2H3. The summed E-state index contributed by atoms with van der Waals surface area (Å²) in [5.41, 5.74) is 9.48. The lowest BCUT2D eigenvalue weighted by Crippen LogP contribution is -2.34. The zero-order chi connectivity index (χ0) is 13.7. The molecule has 0 aliphatic carbocycles. The van der Waals surface area contributed by atoms with Gasteiger partial charge < -0.3 is 11.1 Å². The monoisotopic (exact) mass is 254 g/mol. The average molecular weight is 254 g/mol. The molecule has 0 heterocycles. The second kappa shape index (κ2) is 5.89. The van der Waals surface area contributed by atoms with Crippen molar-refractivity contribution in [2.45, 2.75) is 25.8 Å². The van der Waals surface area contributed by atoms with Gasteiger partial charge in [0.25, 0.3) is 0 Å². The fourth-order valence-electron chi connectivity index (χ4n) is 1.94. The van der Waals surface area contributed by atoms with Crippen molar-refractivity contribution in [1.82, 2.24) is 0 Å². The first kappa shape index (κ1) is 13.6. The molecule has 0 radical (unpaired) electrons. The van der Waals surface area contributed by atoms with Gasteiger partial charge in [0.05, 0.1) is 0 Å². The molecule has 2 heteroatoms. The maximum atomic E-state index is 5.96. The molecule has 0 amide bonds. The van der Waals surface area contributed by atoms with Gasteiger partial charge >= 0.3 is 0 Å². The maximum Gasteiger partial charge on any atom is 0.0340 e. The van der Waals surface area contributed by atoms with Crippen LogP contribution >= 0.6 is 0 Å². The molecule has 2 aromatic rings. The normalized spacial score (nSPS) is 11.3. The van der Waals surface area contributed by atoms with Crippen molar-refractivity contribution in [3.63, 3.8) is 0 Å². The molecule has 0 aliphatic heterocycles. The third-order valence-electron chi connectivity index (χ3n) is 3.09. The van der Waals surface area contributed by atoms with E-state index >= 15 is 0 Å². The van der Waals surface area contributed by atoms with Crippen LogP contribution in [0.2, 0.25) is 0 Å². The van der Waals surface area contributed by atoms with Gasteiger partial charge in [-0.25, -0.2) is 0 Å². The van der Waals surface area contributed by atoms with Crippen molar-refractivity contribution in [3.05, 3.63) is 54.6 Å². The van der Waals surface area contributed by atoms with Gasteiger partial charge in [-0.15, -0.1) is 0 Å². The highest BCUT2D eigenvalue weighted by molar-refractivity contribution is 5.65. The molecule has 2 rings (SSSR count). The Labute approximate surface area is 115 Å². The van der Waals surface area contributed by atoms with E-state index in [9.17, 15) is 0 Å². The zero-order valence-corrected chi connectivity index (χ0v) is 11.7. The Morgan fingerprint density at radius 2 is 1.47 bits per heavy atom. The Bertz CT molecular complexity index is 495. The number of nitrogens with two attached hydrogens (primary N) is 1. The highest BCUT2D eigenvalue weighted by Gasteiger charge is 2.09. The number of nitrogens with one attached hydrogen (secondary N) is 1. The summed E-state index contributed by atoms with van der Waals surface area (Å²) in [5.74, 6) is 0. The van der Waals surface area contributed by atoms with Gasteiger partial charge in [0, 0.05) is 17.8 Å². The first-order chi connectivity index (χ1) is 9.04. The molecule has 100 valence electrons. The largest absolute Gasteiger partial charge is 0.385 e. The van der Waals surface area contributed by atoms with Crippen LogP contribution in [0.3, 0.4) is 0 Å². The Morgan fingerprint density at radius 1 is 0.895 bits per heavy atom. The molecule has 0 saturated carbocycles. The van der Waals surface area contributed by atoms with Gasteiger partial charge in [0.2, 0.25) is 0 Å². The van der Waals surface area contributed by atoms with Crippen molar-refractivity contribution in [2.75, 3.05) is 11.9 Å². The lowest BCUT2D eigenvalue weighted by Gasteiger charge is -2.18. The fraction of sp³-hybridized carbons (Fsp3) is 0.294. The van der Waals surface area contributed by atoms with Crippen LogP contribution in [-0.4, -0.2) is 12.1 Å². The number of rotatable bonds is 5. The van der Waals surface area contributed by atoms with E-state index in [0.717, 1.165) is 18.7 Å². The maximum absolute atomic E-state index is 5.96. The molecular weight excluding hydrogens is 232 g/mol. The molecule has 0 saturated heterocycles. The zero-order valence-electron chi connectivity index (χ0n) is 11.7. The van der Waals surface area contributed by atoms with Crippen molar-refractivity contribution in [3.8, 4) is 11.1 Å². The highest BCUT2D eigenvalue weighted by Crippen LogP contribution is 2.21. The lowest BCUT2D eigenvalue weighted by molar-refractivity contribution is 0.491. The third-order valence-corrected chi connectivity index (χ3v) is 3.09. The van der Waals surface area contributed by atoms with Crippen LogP contribution in [0, 0.1) is 0 Å². The molecule has 2 nitrogen and oxygen atoms in total. The molecule has 0 aromatic heterocycles. The number of hydrogen-bond acceptors (Lipinski definition) is 2. The number of benzene rings is 2. The van der Waals surface area contributed by atoms with Crippen LogP contribution in [0.4, 0.5) is 5.69 Å². The SMILES string of the molecule is CC(C)(N)CCNc1ccc(-c2ccccc2)cc1. The minimum atomic E-state index is -0.114. The molecule has 0 unspecified atom stereocenters. The summed E-state index contributed by atoms with van der Waals surface area (Å²) in [5, 5.41) is 3.40. The van der Waals surface area contributed by atoms with E-state index in [0.29, 0.717) is 0 Å². The van der Waals surface area contributed by atoms with Crippen LogP contribution in [0.25, 0.3) is 11.1 Å². The summed E-state index contributed by atoms with van der Waals surface area (Å²) in [6.45, 7) is 4.99. The quantitative estimate of drug-likeness (QED) is 0.849. The van der Waals surface area contributed by atoms with Gasteiger partial charge in [-0.2, -0.15) is 0 Å². The van der Waals surface area contributed by atoms with Crippen molar-refractivity contribution < 1.29 is 0 Å². The first-order valence-electron chi connectivity index (χ1n) is 6.73. The second-order valence-electron chi connectivity index (χ2n) is 5.61. The Balaban J connectivity index is 1.96. The van der Waals surface area contributed by atoms with E-state index < -0.39 is 0 Å². The van der Waals surface area contributed by atoms with E-state index in [1.807, 2.05) is 19.9 Å². The van der Waals surface area contributed by atoms with Crippen LogP contribution in [-0.2, 0) is 0 Å². The molecule has 0 atom stereocenters. The predicted molar refractivity (Wildman–Crippen MR) is 83.3 cm³/mol. The Hall–Kier alpha value is -1.80. The van der Waals surface area contributed by atoms with Crippen LogP contribution in [0.5, 0.6) is 0 Å². The van der Waals surface area contributed by atoms with Crippen molar-refractivity contribution >= 4 is 5.69 Å². The summed E-state index contributed by atoms with van der Waals surface area (Å²) in [7, 11) is 0. The minimum Gasteiger partial charge on any atom is -0.385 e. The second-order valence-corrected chi connectivity index (χ2v) is 5.61. The molecule has 0 spiro atoms. The Morgan fingerprint density at radius 3 is 2.05 bits per heavy atom. The smallest absolute Gasteiger partial charge is 0.0340 e. The van der Waals surface area contributed by atoms with Gasteiger partial charge in [0.15, 0.2) is 0 Å². The van der Waals surface area contributed by atoms with Gasteiger partial charge in [-0.05, 0) is 43.5 Å². The third kappa shape index (κ3) is 4.42. The van der Waals surface area contributed by atoms with Gasteiger partial charge in [-0.1, -0.05) is 42.5 Å². The fourth-order valence-corrected chi connectivity index (χ4v) is 1.94. The molecule has 3 N–H and O–H groups in total. The lowest BCUT2D eigenvalue weighted by atomic mass is 10.0. The minimum absolute atomic E-state index is 0.114. The summed E-state index contributed by atoms with van der Waals surface area (Å²) < 4.78 is 0. The average Bonchev–Trinajstić information content (AvgIpc) is 2.39. The van der Waals surface area contributed by atoms with Crippen molar-refractivity contribution in [2.24, 2.45) is 5.73 Å². The van der Waals surface area contributed by atoms with Gasteiger partial charge in [-0.3, -0.25) is 0 Å². The molecule has 19 heavy (non-hydrogen) atoms. The first-order valence-corrected chi connectivity index (χ1v) is 6.73. The Kier molecular flexibility index (Phi) is 4.23. The number of hydrogen-bond donors (Lipinski definition) is 2. The summed E-state index contributed by atoms with van der Waals surface area (Å²) >= 11 is 0. The summed E-state index contributed by atoms with van der Waals surface area (Å²) in [6, 6.07) is 18.9. The van der Waals surface area contributed by atoms with Gasteiger partial charge in [0.1, 0.15) is 0 Å². The van der Waals surface area contributed by atoms with Crippen LogP contribution < -0.4 is 11.1 Å². The van der Waals surface area contributed by atoms with E-state index in [1.54, 1.807) is 0 Å². The highest BCUT2D eigenvalue weighted by atomic mass is 14.9. The summed E-state index contributed by atoms with van der Waals surface area (Å²) in [6.07, 6.45) is 0.952. The van der Waals surface area contributed by atoms with E-state index in [1.165, 1.54) is 11.1 Å². The summed E-state index contributed by atoms with van der Waals surface area (Å²) in [4.78, 5) is 0. The van der Waals surface area contributed by atoms with E-state index in [-0.39, 0.29) is 5.54 Å². The van der Waals surface area contributed by atoms with Crippen LogP contribution in [0.1, 0.15) is 20.3 Å². The van der Waals surface area contributed by atoms with Crippen molar-refractivity contribution in [1.29, 1.82) is 0 Å².